The number of nitrogens with two attached hydrogens (primary N) is 1. The van der Waals surface area contributed by atoms with Crippen molar-refractivity contribution in [1.82, 2.24) is 20.1 Å². The molecule has 1 aliphatic rings. The number of nitrogens with zero attached hydrogens (tertiary/aromatic N) is 3. The smallest absolute Gasteiger partial charge is 0.147 e. The van der Waals surface area contributed by atoms with Crippen LogP contribution in [-0.4, -0.2) is 34.5 Å². The van der Waals surface area contributed by atoms with E-state index in [1.54, 1.807) is 7.11 Å². The van der Waals surface area contributed by atoms with Gasteiger partial charge in [0.2, 0.25) is 0 Å². The third-order valence-electron chi connectivity index (χ3n) is 4.89. The Morgan fingerprint density at radius 1 is 1.32 bits per heavy atom. The first-order valence-corrected chi connectivity index (χ1v) is 9.09. The molecule has 0 spiro atoms. The zero-order valence-corrected chi connectivity index (χ0v) is 15.6. The maximum atomic E-state index is 6.19. The summed E-state index contributed by atoms with van der Waals surface area (Å²) >= 11 is 6.19. The Hall–Kier alpha value is -1.47. The minimum absolute atomic E-state index is 0.296. The van der Waals surface area contributed by atoms with Gasteiger partial charge in [-0.3, -0.25) is 0 Å². The molecule has 0 radical (unpaired) electrons. The fourth-order valence-corrected chi connectivity index (χ4v) is 3.43. The monoisotopic (exact) mass is 363 g/mol. The lowest BCUT2D eigenvalue weighted by Gasteiger charge is -2.31. The van der Waals surface area contributed by atoms with Crippen LogP contribution in [0.15, 0.2) is 18.2 Å². The Morgan fingerprint density at radius 2 is 2.12 bits per heavy atom. The fourth-order valence-electron chi connectivity index (χ4n) is 3.23. The molecule has 6 nitrogen and oxygen atoms in total. The van der Waals surface area contributed by atoms with Gasteiger partial charge >= 0.3 is 0 Å². The third kappa shape index (κ3) is 4.20. The van der Waals surface area contributed by atoms with Gasteiger partial charge in [-0.05, 0) is 37.0 Å². The summed E-state index contributed by atoms with van der Waals surface area (Å²) < 4.78 is 7.42. The van der Waals surface area contributed by atoms with Crippen molar-refractivity contribution in [3.63, 3.8) is 0 Å². The van der Waals surface area contributed by atoms with Crippen molar-refractivity contribution >= 4 is 11.6 Å². The van der Waals surface area contributed by atoms with Crippen LogP contribution in [0, 0.1) is 6.92 Å². The highest BCUT2D eigenvalue weighted by Crippen LogP contribution is 2.34. The summed E-state index contributed by atoms with van der Waals surface area (Å²) in [6, 6.07) is 6.28. The number of hydrogen-bond donors (Lipinski definition) is 2. The Morgan fingerprint density at radius 3 is 2.84 bits per heavy atom. The summed E-state index contributed by atoms with van der Waals surface area (Å²) in [4.78, 5) is 0. The summed E-state index contributed by atoms with van der Waals surface area (Å²) in [6.07, 6.45) is 1.97. The van der Waals surface area contributed by atoms with Gasteiger partial charge in [0.25, 0.3) is 0 Å². The fraction of sp³-hybridized carbons (Fsp3) is 0.556. The van der Waals surface area contributed by atoms with Gasteiger partial charge in [0.15, 0.2) is 0 Å². The molecule has 3 rings (SSSR count). The van der Waals surface area contributed by atoms with Crippen LogP contribution in [0.4, 0.5) is 0 Å². The van der Waals surface area contributed by atoms with Crippen molar-refractivity contribution in [2.24, 2.45) is 5.73 Å². The van der Waals surface area contributed by atoms with E-state index in [9.17, 15) is 0 Å². The van der Waals surface area contributed by atoms with Gasteiger partial charge < -0.3 is 20.4 Å². The van der Waals surface area contributed by atoms with Gasteiger partial charge in [-0.2, -0.15) is 0 Å². The first kappa shape index (κ1) is 18.3. The number of halogens is 1. The zero-order valence-electron chi connectivity index (χ0n) is 14.8. The van der Waals surface area contributed by atoms with E-state index >= 15 is 0 Å². The molecule has 1 fully saturated rings. The normalized spacial score (nSPS) is 19.8. The molecule has 0 amide bonds. The molecule has 0 aliphatic heterocycles. The van der Waals surface area contributed by atoms with E-state index < -0.39 is 0 Å². The van der Waals surface area contributed by atoms with Crippen LogP contribution < -0.4 is 11.1 Å². The van der Waals surface area contributed by atoms with E-state index in [1.807, 2.05) is 19.1 Å². The number of aromatic nitrogens is 3. The second-order valence-corrected chi connectivity index (χ2v) is 7.08. The molecule has 3 N–H and O–H groups in total. The van der Waals surface area contributed by atoms with Crippen molar-refractivity contribution in [1.29, 1.82) is 0 Å². The predicted molar refractivity (Wildman–Crippen MR) is 98.6 cm³/mol. The first-order chi connectivity index (χ1) is 12.1. The van der Waals surface area contributed by atoms with Gasteiger partial charge in [-0.25, -0.2) is 0 Å². The number of methoxy groups -OCH3 is 1. The maximum absolute atomic E-state index is 6.19. The van der Waals surface area contributed by atoms with Gasteiger partial charge in [0.05, 0.1) is 13.2 Å². The summed E-state index contributed by atoms with van der Waals surface area (Å²) in [5.41, 5.74) is 8.24. The van der Waals surface area contributed by atoms with Crippen LogP contribution >= 0.6 is 11.6 Å². The molecule has 2 aromatic rings. The lowest BCUT2D eigenvalue weighted by molar-refractivity contribution is 0.183. The van der Waals surface area contributed by atoms with E-state index in [4.69, 9.17) is 22.1 Å². The molecule has 1 aromatic carbocycles. The highest BCUT2D eigenvalue weighted by atomic mass is 35.5. The summed E-state index contributed by atoms with van der Waals surface area (Å²) in [6.45, 7) is 4.84. The molecule has 1 saturated carbocycles. The third-order valence-corrected chi connectivity index (χ3v) is 5.30. The number of benzene rings is 1. The highest BCUT2D eigenvalue weighted by Gasteiger charge is 2.32. The minimum Gasteiger partial charge on any atom is -0.383 e. The van der Waals surface area contributed by atoms with Gasteiger partial charge in [0, 0.05) is 37.2 Å². The molecule has 0 atom stereocenters. The van der Waals surface area contributed by atoms with E-state index in [0.29, 0.717) is 25.1 Å². The van der Waals surface area contributed by atoms with Crippen LogP contribution in [-0.2, 0) is 24.4 Å². The quantitative estimate of drug-likeness (QED) is 0.752. The Balaban J connectivity index is 1.66. The van der Waals surface area contributed by atoms with E-state index in [2.05, 4.69) is 26.1 Å². The standard InChI is InChI=1S/C18H26ClN5O/c1-12-13(4-3-5-16(12)19)10-21-11-17-22-23-18(14-8-15(20)9-14)24(17)6-7-25-2/h3-5,14-15,21H,6-11,20H2,1-2H3. The lowest BCUT2D eigenvalue weighted by Crippen LogP contribution is -2.36. The van der Waals surface area contributed by atoms with Crippen molar-refractivity contribution in [2.45, 2.75) is 51.4 Å². The molecule has 1 aromatic heterocycles. The Bertz CT molecular complexity index is 711. The maximum Gasteiger partial charge on any atom is 0.147 e. The van der Waals surface area contributed by atoms with Crippen LogP contribution in [0.5, 0.6) is 0 Å². The van der Waals surface area contributed by atoms with Crippen molar-refractivity contribution < 1.29 is 4.74 Å². The second kappa shape index (κ2) is 8.27. The molecule has 136 valence electrons. The average Bonchev–Trinajstić information content (AvgIpc) is 2.96. The van der Waals surface area contributed by atoms with E-state index in [1.165, 1.54) is 5.56 Å². The van der Waals surface area contributed by atoms with Gasteiger partial charge in [-0.15, -0.1) is 10.2 Å². The molecular weight excluding hydrogens is 338 g/mol. The molecule has 25 heavy (non-hydrogen) atoms. The Kier molecular flexibility index (Phi) is 6.06. The molecular formula is C18H26ClN5O. The van der Waals surface area contributed by atoms with Crippen molar-refractivity contribution in [3.05, 3.63) is 46.0 Å². The van der Waals surface area contributed by atoms with Crippen molar-refractivity contribution in [2.75, 3.05) is 13.7 Å². The SMILES string of the molecule is COCCn1c(CNCc2cccc(Cl)c2C)nnc1C1CC(N)C1. The summed E-state index contributed by atoms with van der Waals surface area (Å²) in [7, 11) is 1.71. The summed E-state index contributed by atoms with van der Waals surface area (Å²) in [5, 5.41) is 13.1. The van der Waals surface area contributed by atoms with Crippen LogP contribution in [0.3, 0.4) is 0 Å². The van der Waals surface area contributed by atoms with Crippen molar-refractivity contribution in [3.8, 4) is 0 Å². The largest absolute Gasteiger partial charge is 0.383 e. The topological polar surface area (TPSA) is 78.0 Å². The van der Waals surface area contributed by atoms with Crippen LogP contribution in [0.1, 0.15) is 41.5 Å². The van der Waals surface area contributed by atoms with Gasteiger partial charge in [-0.1, -0.05) is 23.7 Å². The highest BCUT2D eigenvalue weighted by molar-refractivity contribution is 6.31. The molecule has 0 bridgehead atoms. The van der Waals surface area contributed by atoms with Crippen LogP contribution in [0.2, 0.25) is 5.02 Å². The Labute approximate surface area is 153 Å². The minimum atomic E-state index is 0.296. The van der Waals surface area contributed by atoms with Gasteiger partial charge in [0.1, 0.15) is 11.6 Å². The molecule has 1 aliphatic carbocycles. The zero-order chi connectivity index (χ0) is 17.8. The van der Waals surface area contributed by atoms with Crippen LogP contribution in [0.25, 0.3) is 0 Å². The van der Waals surface area contributed by atoms with E-state index in [-0.39, 0.29) is 0 Å². The first-order valence-electron chi connectivity index (χ1n) is 8.71. The average molecular weight is 364 g/mol. The molecule has 1 heterocycles. The van der Waals surface area contributed by atoms with E-state index in [0.717, 1.165) is 48.2 Å². The molecule has 7 heteroatoms. The number of nitrogens with one attached hydrogen (secondary N) is 1. The number of ether oxygens (including phenoxy) is 1. The summed E-state index contributed by atoms with van der Waals surface area (Å²) in [5.74, 6) is 2.39. The molecule has 0 unspecified atom stereocenters. The molecule has 0 saturated heterocycles. The predicted octanol–water partition coefficient (Wildman–Crippen LogP) is 2.38. The number of rotatable bonds is 8. The second-order valence-electron chi connectivity index (χ2n) is 6.67. The number of hydrogen-bond acceptors (Lipinski definition) is 5. The lowest BCUT2D eigenvalue weighted by atomic mass is 9.80.